The summed E-state index contributed by atoms with van der Waals surface area (Å²) in [5.74, 6) is 0.120. The van der Waals surface area contributed by atoms with Gasteiger partial charge in [-0.15, -0.1) is 0 Å². The summed E-state index contributed by atoms with van der Waals surface area (Å²) in [5, 5.41) is 14.5. The van der Waals surface area contributed by atoms with E-state index in [2.05, 4.69) is 10.6 Å². The first-order chi connectivity index (χ1) is 8.52. The fourth-order valence-electron chi connectivity index (χ4n) is 2.18. The van der Waals surface area contributed by atoms with Crippen LogP contribution >= 0.6 is 0 Å². The van der Waals surface area contributed by atoms with E-state index in [1.165, 1.54) is 4.90 Å². The summed E-state index contributed by atoms with van der Waals surface area (Å²) in [7, 11) is 3.25. The van der Waals surface area contributed by atoms with Gasteiger partial charge in [-0.05, 0) is 25.2 Å². The Morgan fingerprint density at radius 2 is 2.06 bits per heavy atom. The Balaban J connectivity index is 2.25. The smallest absolute Gasteiger partial charge is 0.317 e. The standard InChI is InChI=1S/C12H23N3O3/c1-15(2)12(18)13-7-11(17)14-10-5-3-4-9(6-10)8-16/h9-10,16H,3-8H2,1-2H3,(H,13,18)(H,14,17)/t9-,10+/m1/s1. The maximum atomic E-state index is 11.6. The molecule has 0 aromatic carbocycles. The number of carbonyl (C=O) groups is 2. The lowest BCUT2D eigenvalue weighted by atomic mass is 9.86. The lowest BCUT2D eigenvalue weighted by Gasteiger charge is -2.28. The molecule has 18 heavy (non-hydrogen) atoms. The van der Waals surface area contributed by atoms with Crippen molar-refractivity contribution in [3.05, 3.63) is 0 Å². The molecule has 6 nitrogen and oxygen atoms in total. The molecule has 3 amide bonds. The monoisotopic (exact) mass is 257 g/mol. The number of nitrogens with one attached hydrogen (secondary N) is 2. The van der Waals surface area contributed by atoms with Gasteiger partial charge >= 0.3 is 6.03 Å². The largest absolute Gasteiger partial charge is 0.396 e. The maximum Gasteiger partial charge on any atom is 0.317 e. The highest BCUT2D eigenvalue weighted by molar-refractivity contribution is 5.83. The SMILES string of the molecule is CN(C)C(=O)NCC(=O)N[C@H]1CCC[C@@H](CO)C1. The molecule has 1 aliphatic rings. The molecule has 0 bridgehead atoms. The van der Waals surface area contributed by atoms with Crippen LogP contribution in [-0.4, -0.2) is 55.2 Å². The van der Waals surface area contributed by atoms with E-state index in [9.17, 15) is 9.59 Å². The summed E-state index contributed by atoms with van der Waals surface area (Å²) in [4.78, 5) is 24.3. The number of rotatable bonds is 4. The lowest BCUT2D eigenvalue weighted by molar-refractivity contribution is -0.121. The van der Waals surface area contributed by atoms with Gasteiger partial charge in [0.1, 0.15) is 0 Å². The fourth-order valence-corrected chi connectivity index (χ4v) is 2.18. The summed E-state index contributed by atoms with van der Waals surface area (Å²) in [6, 6.07) is -0.151. The minimum Gasteiger partial charge on any atom is -0.396 e. The Labute approximate surface area is 108 Å². The quantitative estimate of drug-likeness (QED) is 0.659. The number of amides is 3. The molecule has 0 aromatic heterocycles. The highest BCUT2D eigenvalue weighted by atomic mass is 16.3. The van der Waals surface area contributed by atoms with Crippen molar-refractivity contribution < 1.29 is 14.7 Å². The van der Waals surface area contributed by atoms with Crippen LogP contribution in [-0.2, 0) is 4.79 Å². The van der Waals surface area contributed by atoms with Crippen LogP contribution in [0.1, 0.15) is 25.7 Å². The van der Waals surface area contributed by atoms with Gasteiger partial charge in [0, 0.05) is 26.7 Å². The molecule has 3 N–H and O–H groups in total. The van der Waals surface area contributed by atoms with E-state index in [-0.39, 0.29) is 31.1 Å². The van der Waals surface area contributed by atoms with Crippen LogP contribution in [0.5, 0.6) is 0 Å². The normalized spacial score (nSPS) is 23.3. The van der Waals surface area contributed by atoms with E-state index >= 15 is 0 Å². The Morgan fingerprint density at radius 3 is 2.67 bits per heavy atom. The first-order valence-corrected chi connectivity index (χ1v) is 6.38. The van der Waals surface area contributed by atoms with Crippen molar-refractivity contribution in [3.8, 4) is 0 Å². The van der Waals surface area contributed by atoms with Gasteiger partial charge in [0.15, 0.2) is 0 Å². The number of hydrogen-bond acceptors (Lipinski definition) is 3. The maximum absolute atomic E-state index is 11.6. The van der Waals surface area contributed by atoms with Crippen molar-refractivity contribution in [2.24, 2.45) is 5.92 Å². The number of nitrogens with zero attached hydrogens (tertiary/aromatic N) is 1. The molecular weight excluding hydrogens is 234 g/mol. The molecule has 0 spiro atoms. The van der Waals surface area contributed by atoms with Crippen molar-refractivity contribution in [1.82, 2.24) is 15.5 Å². The topological polar surface area (TPSA) is 81.7 Å². The zero-order chi connectivity index (χ0) is 13.5. The van der Waals surface area contributed by atoms with E-state index in [0.29, 0.717) is 5.92 Å². The third kappa shape index (κ3) is 4.91. The highest BCUT2D eigenvalue weighted by Gasteiger charge is 2.22. The zero-order valence-corrected chi connectivity index (χ0v) is 11.1. The molecule has 1 fully saturated rings. The van der Waals surface area contributed by atoms with Crippen molar-refractivity contribution in [2.75, 3.05) is 27.2 Å². The van der Waals surface area contributed by atoms with E-state index in [4.69, 9.17) is 5.11 Å². The van der Waals surface area contributed by atoms with Crippen LogP contribution < -0.4 is 10.6 Å². The zero-order valence-electron chi connectivity index (χ0n) is 11.1. The van der Waals surface area contributed by atoms with Crippen LogP contribution in [0.15, 0.2) is 0 Å². The molecule has 0 aliphatic heterocycles. The Bertz CT molecular complexity index is 294. The fraction of sp³-hybridized carbons (Fsp3) is 0.833. The number of aliphatic hydroxyl groups is 1. The van der Waals surface area contributed by atoms with Crippen LogP contribution in [0, 0.1) is 5.92 Å². The molecule has 2 atom stereocenters. The van der Waals surface area contributed by atoms with E-state index in [1.54, 1.807) is 14.1 Å². The lowest BCUT2D eigenvalue weighted by Crippen LogP contribution is -2.45. The van der Waals surface area contributed by atoms with Gasteiger partial charge in [0.05, 0.1) is 6.54 Å². The van der Waals surface area contributed by atoms with Gasteiger partial charge in [-0.1, -0.05) is 6.42 Å². The van der Waals surface area contributed by atoms with Crippen molar-refractivity contribution in [2.45, 2.75) is 31.7 Å². The van der Waals surface area contributed by atoms with Crippen LogP contribution in [0.25, 0.3) is 0 Å². The summed E-state index contributed by atoms with van der Waals surface area (Å²) < 4.78 is 0. The van der Waals surface area contributed by atoms with Crippen LogP contribution in [0.2, 0.25) is 0 Å². The second kappa shape index (κ2) is 7.20. The van der Waals surface area contributed by atoms with Crippen LogP contribution in [0.4, 0.5) is 4.79 Å². The number of urea groups is 1. The molecule has 6 heteroatoms. The molecular formula is C12H23N3O3. The average molecular weight is 257 g/mol. The molecule has 1 aliphatic carbocycles. The minimum absolute atomic E-state index is 0.00267. The van der Waals surface area contributed by atoms with E-state index < -0.39 is 0 Å². The molecule has 0 aromatic rings. The molecule has 0 unspecified atom stereocenters. The molecule has 104 valence electrons. The second-order valence-electron chi connectivity index (χ2n) is 5.03. The summed E-state index contributed by atoms with van der Waals surface area (Å²) in [5.41, 5.74) is 0. The second-order valence-corrected chi connectivity index (χ2v) is 5.03. The predicted molar refractivity (Wildman–Crippen MR) is 68.1 cm³/mol. The molecule has 0 saturated heterocycles. The predicted octanol–water partition coefficient (Wildman–Crippen LogP) is -0.0751. The Hall–Kier alpha value is -1.30. The molecule has 0 radical (unpaired) electrons. The van der Waals surface area contributed by atoms with Gasteiger partial charge < -0.3 is 20.6 Å². The summed E-state index contributed by atoms with van der Waals surface area (Å²) >= 11 is 0. The van der Waals surface area contributed by atoms with Crippen LogP contribution in [0.3, 0.4) is 0 Å². The van der Waals surface area contributed by atoms with Crippen molar-refractivity contribution >= 4 is 11.9 Å². The number of carbonyl (C=O) groups excluding carboxylic acids is 2. The minimum atomic E-state index is -0.276. The van der Waals surface area contributed by atoms with Gasteiger partial charge in [0.25, 0.3) is 0 Å². The average Bonchev–Trinajstić information content (AvgIpc) is 2.36. The van der Waals surface area contributed by atoms with Crippen molar-refractivity contribution in [3.63, 3.8) is 0 Å². The van der Waals surface area contributed by atoms with Gasteiger partial charge in [0.2, 0.25) is 5.91 Å². The highest BCUT2D eigenvalue weighted by Crippen LogP contribution is 2.23. The van der Waals surface area contributed by atoms with Gasteiger partial charge in [-0.3, -0.25) is 4.79 Å². The van der Waals surface area contributed by atoms with E-state index in [1.807, 2.05) is 0 Å². The van der Waals surface area contributed by atoms with Crippen molar-refractivity contribution in [1.29, 1.82) is 0 Å². The third-order valence-electron chi connectivity index (χ3n) is 3.21. The van der Waals surface area contributed by atoms with Gasteiger partial charge in [-0.25, -0.2) is 4.79 Å². The summed E-state index contributed by atoms with van der Waals surface area (Å²) in [6.45, 7) is 0.182. The first kappa shape index (κ1) is 14.8. The number of hydrogen-bond donors (Lipinski definition) is 3. The summed E-state index contributed by atoms with van der Waals surface area (Å²) in [6.07, 6.45) is 3.83. The molecule has 0 heterocycles. The van der Waals surface area contributed by atoms with E-state index in [0.717, 1.165) is 25.7 Å². The Kier molecular flexibility index (Phi) is 5.91. The third-order valence-corrected chi connectivity index (χ3v) is 3.21. The first-order valence-electron chi connectivity index (χ1n) is 6.38. The van der Waals surface area contributed by atoms with Gasteiger partial charge in [-0.2, -0.15) is 0 Å². The molecule has 1 saturated carbocycles. The number of aliphatic hydroxyl groups excluding tert-OH is 1. The molecule has 1 rings (SSSR count). The Morgan fingerprint density at radius 1 is 1.33 bits per heavy atom.